The molecule has 3 heterocycles. The first-order valence-electron chi connectivity index (χ1n) is 11.3. The Balaban J connectivity index is 1.15. The van der Waals surface area contributed by atoms with Crippen molar-refractivity contribution in [2.24, 2.45) is 5.92 Å². The predicted octanol–water partition coefficient (Wildman–Crippen LogP) is 3.19. The number of piperazine rings is 1. The number of H-pyrrole nitrogens is 1. The number of hydrogen-bond acceptors (Lipinski definition) is 3. The van der Waals surface area contributed by atoms with Gasteiger partial charge >= 0.3 is 0 Å². The van der Waals surface area contributed by atoms with Crippen LogP contribution in [-0.4, -0.2) is 65.9 Å². The van der Waals surface area contributed by atoms with Crippen molar-refractivity contribution in [2.75, 3.05) is 44.2 Å². The lowest BCUT2D eigenvalue weighted by atomic mass is 10.1. The fraction of sp³-hybridized carbons (Fsp3) is 0.360. The van der Waals surface area contributed by atoms with Gasteiger partial charge in [0.2, 0.25) is 11.8 Å². The molecule has 2 aliphatic rings. The minimum absolute atomic E-state index is 0.00989. The molecule has 0 aliphatic carbocycles. The molecule has 2 aliphatic heterocycles. The van der Waals surface area contributed by atoms with Gasteiger partial charge in [-0.2, -0.15) is 0 Å². The molecule has 3 aromatic rings. The van der Waals surface area contributed by atoms with Crippen molar-refractivity contribution in [1.82, 2.24) is 14.8 Å². The van der Waals surface area contributed by atoms with Crippen LogP contribution < -0.4 is 4.90 Å². The molecular weight excluding hydrogens is 426 g/mol. The van der Waals surface area contributed by atoms with Crippen molar-refractivity contribution in [1.29, 1.82) is 0 Å². The summed E-state index contributed by atoms with van der Waals surface area (Å²) in [6.07, 6.45) is 2.69. The van der Waals surface area contributed by atoms with E-state index in [9.17, 15) is 18.4 Å². The lowest BCUT2D eigenvalue weighted by molar-refractivity contribution is -0.136. The smallest absolute Gasteiger partial charge is 0.228 e. The highest BCUT2D eigenvalue weighted by atomic mass is 19.1. The molecule has 5 rings (SSSR count). The minimum Gasteiger partial charge on any atom is -0.368 e. The first-order valence-corrected chi connectivity index (χ1v) is 11.3. The van der Waals surface area contributed by atoms with Crippen LogP contribution in [0.25, 0.3) is 10.9 Å². The van der Waals surface area contributed by atoms with Crippen LogP contribution in [0.2, 0.25) is 0 Å². The van der Waals surface area contributed by atoms with Gasteiger partial charge in [0.25, 0.3) is 0 Å². The van der Waals surface area contributed by atoms with E-state index >= 15 is 0 Å². The molecule has 6 nitrogen and oxygen atoms in total. The van der Waals surface area contributed by atoms with E-state index in [4.69, 9.17) is 0 Å². The molecule has 2 saturated heterocycles. The monoisotopic (exact) mass is 452 g/mol. The molecule has 1 atom stereocenters. The standard InChI is InChI=1S/C25H26F2N4O2/c26-19-1-4-21(5-2-19)29-9-11-30(12-10-29)25(33)18-13-24(32)31(16-18)8-7-17-15-28-23-6-3-20(27)14-22(17)23/h1-6,14-15,18,28H,7-13,16H2. The van der Waals surface area contributed by atoms with Gasteiger partial charge in [-0.3, -0.25) is 9.59 Å². The maximum Gasteiger partial charge on any atom is 0.228 e. The van der Waals surface area contributed by atoms with Gasteiger partial charge in [-0.05, 0) is 54.4 Å². The summed E-state index contributed by atoms with van der Waals surface area (Å²) >= 11 is 0. The molecule has 8 heteroatoms. The Morgan fingerprint density at radius 2 is 1.73 bits per heavy atom. The summed E-state index contributed by atoms with van der Waals surface area (Å²) in [5.41, 5.74) is 2.78. The van der Waals surface area contributed by atoms with Crippen LogP contribution in [0.3, 0.4) is 0 Å². The molecule has 2 amide bonds. The lowest BCUT2D eigenvalue weighted by Crippen LogP contribution is -2.50. The molecule has 0 radical (unpaired) electrons. The molecule has 33 heavy (non-hydrogen) atoms. The number of carbonyl (C=O) groups is 2. The van der Waals surface area contributed by atoms with Gasteiger partial charge in [0.15, 0.2) is 0 Å². The summed E-state index contributed by atoms with van der Waals surface area (Å²) in [5.74, 6) is -0.857. The number of likely N-dealkylation sites (tertiary alicyclic amines) is 1. The first-order chi connectivity index (χ1) is 16.0. The Morgan fingerprint density at radius 1 is 1.00 bits per heavy atom. The third-order valence-electron chi connectivity index (χ3n) is 6.73. The number of aromatic amines is 1. The molecule has 1 N–H and O–H groups in total. The average molecular weight is 453 g/mol. The van der Waals surface area contributed by atoms with Gasteiger partial charge < -0.3 is 19.7 Å². The molecule has 0 saturated carbocycles. The number of amides is 2. The van der Waals surface area contributed by atoms with E-state index in [1.165, 1.54) is 24.3 Å². The second-order valence-corrected chi connectivity index (χ2v) is 8.78. The number of benzene rings is 2. The number of rotatable bonds is 5. The number of carbonyl (C=O) groups excluding carboxylic acids is 2. The molecule has 0 spiro atoms. The van der Waals surface area contributed by atoms with Crippen molar-refractivity contribution >= 4 is 28.4 Å². The fourth-order valence-corrected chi connectivity index (χ4v) is 4.86. The number of nitrogens with one attached hydrogen (secondary N) is 1. The maximum absolute atomic E-state index is 13.6. The Morgan fingerprint density at radius 3 is 2.48 bits per heavy atom. The molecule has 1 aromatic heterocycles. The molecule has 0 bridgehead atoms. The summed E-state index contributed by atoms with van der Waals surface area (Å²) in [6, 6.07) is 11.0. The highest BCUT2D eigenvalue weighted by Gasteiger charge is 2.37. The number of hydrogen-bond donors (Lipinski definition) is 1. The number of anilines is 1. The fourth-order valence-electron chi connectivity index (χ4n) is 4.86. The highest BCUT2D eigenvalue weighted by molar-refractivity contribution is 5.89. The van der Waals surface area contributed by atoms with E-state index in [0.29, 0.717) is 45.7 Å². The van der Waals surface area contributed by atoms with Gasteiger partial charge in [-0.25, -0.2) is 8.78 Å². The zero-order valence-electron chi connectivity index (χ0n) is 18.3. The van der Waals surface area contributed by atoms with Gasteiger partial charge in [-0.15, -0.1) is 0 Å². The van der Waals surface area contributed by atoms with Crippen LogP contribution in [-0.2, 0) is 16.0 Å². The second-order valence-electron chi connectivity index (χ2n) is 8.78. The van der Waals surface area contributed by atoms with Crippen molar-refractivity contribution in [3.63, 3.8) is 0 Å². The summed E-state index contributed by atoms with van der Waals surface area (Å²) in [7, 11) is 0. The molecular formula is C25H26F2N4O2. The molecule has 172 valence electrons. The zero-order valence-corrected chi connectivity index (χ0v) is 18.3. The lowest BCUT2D eigenvalue weighted by Gasteiger charge is -2.37. The molecule has 2 aromatic carbocycles. The summed E-state index contributed by atoms with van der Waals surface area (Å²) < 4.78 is 26.8. The number of aromatic nitrogens is 1. The molecule has 2 fully saturated rings. The van der Waals surface area contributed by atoms with E-state index in [1.54, 1.807) is 23.1 Å². The van der Waals surface area contributed by atoms with Gasteiger partial charge in [-0.1, -0.05) is 0 Å². The first kappa shape index (κ1) is 21.4. The Kier molecular flexibility index (Phi) is 5.74. The third-order valence-corrected chi connectivity index (χ3v) is 6.73. The van der Waals surface area contributed by atoms with Gasteiger partial charge in [0.05, 0.1) is 5.92 Å². The number of halogens is 2. The topological polar surface area (TPSA) is 59.7 Å². The average Bonchev–Trinajstić information content (AvgIpc) is 3.40. The maximum atomic E-state index is 13.6. The number of fused-ring (bicyclic) bond motifs is 1. The highest BCUT2D eigenvalue weighted by Crippen LogP contribution is 2.25. The minimum atomic E-state index is -0.324. The predicted molar refractivity (Wildman–Crippen MR) is 122 cm³/mol. The third kappa shape index (κ3) is 4.42. The van der Waals surface area contributed by atoms with Crippen LogP contribution in [0.1, 0.15) is 12.0 Å². The summed E-state index contributed by atoms with van der Waals surface area (Å²) in [4.78, 5) is 34.5. The van der Waals surface area contributed by atoms with Crippen LogP contribution in [0, 0.1) is 17.6 Å². The Hall–Kier alpha value is -3.42. The van der Waals surface area contributed by atoms with Crippen molar-refractivity contribution < 1.29 is 18.4 Å². The Bertz CT molecular complexity index is 1170. The zero-order chi connectivity index (χ0) is 22.9. The van der Waals surface area contributed by atoms with Crippen molar-refractivity contribution in [2.45, 2.75) is 12.8 Å². The van der Waals surface area contributed by atoms with E-state index in [1.807, 2.05) is 11.1 Å². The summed E-state index contributed by atoms with van der Waals surface area (Å²) in [6.45, 7) is 3.46. The molecule has 1 unspecified atom stereocenters. The van der Waals surface area contributed by atoms with Crippen LogP contribution in [0.15, 0.2) is 48.7 Å². The van der Waals surface area contributed by atoms with Crippen molar-refractivity contribution in [3.8, 4) is 0 Å². The van der Waals surface area contributed by atoms with Gasteiger partial charge in [0, 0.05) is 68.5 Å². The number of nitrogens with zero attached hydrogens (tertiary/aromatic N) is 3. The quantitative estimate of drug-likeness (QED) is 0.647. The summed E-state index contributed by atoms with van der Waals surface area (Å²) in [5, 5.41) is 0.827. The van der Waals surface area contributed by atoms with E-state index in [-0.39, 0.29) is 35.8 Å². The normalized spacial score (nSPS) is 19.0. The van der Waals surface area contributed by atoms with Gasteiger partial charge in [0.1, 0.15) is 11.6 Å². The largest absolute Gasteiger partial charge is 0.368 e. The van der Waals surface area contributed by atoms with E-state index < -0.39 is 0 Å². The van der Waals surface area contributed by atoms with Crippen LogP contribution >= 0.6 is 0 Å². The van der Waals surface area contributed by atoms with E-state index in [2.05, 4.69) is 9.88 Å². The van der Waals surface area contributed by atoms with Crippen LogP contribution in [0.5, 0.6) is 0 Å². The second kappa shape index (κ2) is 8.84. The Labute approximate surface area is 190 Å². The SMILES string of the molecule is O=C1CC(C(=O)N2CCN(c3ccc(F)cc3)CC2)CN1CCc1c[nH]c2ccc(F)cc12. The van der Waals surface area contributed by atoms with E-state index in [0.717, 1.165) is 22.2 Å². The van der Waals surface area contributed by atoms with Crippen molar-refractivity contribution in [3.05, 3.63) is 65.9 Å². The van der Waals surface area contributed by atoms with Crippen LogP contribution in [0.4, 0.5) is 14.5 Å².